The summed E-state index contributed by atoms with van der Waals surface area (Å²) in [6.07, 6.45) is 2.27. The van der Waals surface area contributed by atoms with Crippen LogP contribution in [0.5, 0.6) is 0 Å². The molecule has 0 saturated carbocycles. The van der Waals surface area contributed by atoms with Crippen molar-refractivity contribution in [2.75, 3.05) is 26.2 Å². The van der Waals surface area contributed by atoms with Crippen LogP contribution in [0.15, 0.2) is 30.3 Å². The first-order chi connectivity index (χ1) is 15.1. The zero-order valence-electron chi connectivity index (χ0n) is 18.1. The summed E-state index contributed by atoms with van der Waals surface area (Å²) in [6.45, 7) is 1.23. The van der Waals surface area contributed by atoms with Gasteiger partial charge in [-0.1, -0.05) is 36.8 Å². The van der Waals surface area contributed by atoms with E-state index in [4.69, 9.17) is 15.8 Å². The Kier molecular flexibility index (Phi) is 8.31. The molecule has 0 spiro atoms. The summed E-state index contributed by atoms with van der Waals surface area (Å²) < 4.78 is 30.2. The molecule has 0 amide bonds. The van der Waals surface area contributed by atoms with Crippen molar-refractivity contribution >= 4 is 23.3 Å². The summed E-state index contributed by atoms with van der Waals surface area (Å²) in [4.78, 5) is 12.0. The Morgan fingerprint density at radius 2 is 2.03 bits per heavy atom. The second-order valence-corrected chi connectivity index (χ2v) is 10.7. The van der Waals surface area contributed by atoms with Gasteiger partial charge in [-0.15, -0.1) is 0 Å². The van der Waals surface area contributed by atoms with E-state index in [1.54, 1.807) is 0 Å². The fourth-order valence-corrected chi connectivity index (χ4v) is 6.51. The van der Waals surface area contributed by atoms with Crippen LogP contribution in [0.3, 0.4) is 0 Å². The molecule has 2 heterocycles. The normalized spacial score (nSPS) is 27.0. The molecule has 0 aliphatic carbocycles. The van der Waals surface area contributed by atoms with Crippen molar-refractivity contribution in [3.8, 4) is 0 Å². The molecule has 0 unspecified atom stereocenters. The maximum absolute atomic E-state index is 13.8. The summed E-state index contributed by atoms with van der Waals surface area (Å²) in [5, 5.41) is 31.2. The number of carbonyl (C=O) groups is 1. The minimum Gasteiger partial charge on any atom is -0.480 e. The van der Waals surface area contributed by atoms with Crippen molar-refractivity contribution in [1.29, 1.82) is 0 Å². The number of hydrogen-bond donors (Lipinski definition) is 5. The van der Waals surface area contributed by atoms with Gasteiger partial charge in [0.15, 0.2) is 0 Å². The molecule has 10 nitrogen and oxygen atoms in total. The Balaban J connectivity index is 1.85. The molecule has 3 rings (SSSR count). The maximum Gasteiger partial charge on any atom is 0.451 e. The third-order valence-electron chi connectivity index (χ3n) is 6.49. The van der Waals surface area contributed by atoms with E-state index in [2.05, 4.69) is 5.32 Å². The monoisotopic (exact) mass is 468 g/mol. The van der Waals surface area contributed by atoms with Crippen LogP contribution in [0.25, 0.3) is 0 Å². The molecular weight excluding hydrogens is 435 g/mol. The van der Waals surface area contributed by atoms with Crippen molar-refractivity contribution in [3.63, 3.8) is 0 Å². The first-order valence-electron chi connectivity index (χ1n) is 11.0. The minimum atomic E-state index is -3.99. The van der Waals surface area contributed by atoms with Crippen LogP contribution < -0.4 is 11.1 Å². The van der Waals surface area contributed by atoms with E-state index in [9.17, 15) is 18.3 Å². The van der Waals surface area contributed by atoms with Crippen molar-refractivity contribution in [1.82, 2.24) is 13.9 Å². The molecular formula is C20H33BN4O6S. The lowest BCUT2D eigenvalue weighted by Gasteiger charge is -2.36. The van der Waals surface area contributed by atoms with Crippen LogP contribution in [0.1, 0.15) is 31.2 Å². The Morgan fingerprint density at radius 3 is 2.62 bits per heavy atom. The van der Waals surface area contributed by atoms with E-state index in [0.717, 1.165) is 24.9 Å². The van der Waals surface area contributed by atoms with Gasteiger partial charge in [0, 0.05) is 38.1 Å². The lowest BCUT2D eigenvalue weighted by atomic mass is 9.78. The van der Waals surface area contributed by atoms with Gasteiger partial charge in [-0.05, 0) is 37.7 Å². The predicted octanol–water partition coefficient (Wildman–Crippen LogP) is -0.548. The molecule has 2 aliphatic heterocycles. The fraction of sp³-hybridized carbons (Fsp3) is 0.650. The zero-order valence-corrected chi connectivity index (χ0v) is 19.0. The average molecular weight is 468 g/mol. The van der Waals surface area contributed by atoms with E-state index in [-0.39, 0.29) is 38.4 Å². The standard InChI is InChI=1S/C20H33BN4O6S/c22-20(19(26)27)15-24(14-17(20)8-4-10-21(28)29)32(30,31)25(18-9-5-11-23-12-18)13-16-6-2-1-3-7-16/h1-3,6-7,17-18,23,28-29H,4-5,8-15,22H2,(H,26,27)/t17-,18+,20-/m0/s1. The lowest BCUT2D eigenvalue weighted by Crippen LogP contribution is -2.56. The maximum atomic E-state index is 13.8. The van der Waals surface area contributed by atoms with E-state index < -0.39 is 34.8 Å². The third kappa shape index (κ3) is 5.68. The summed E-state index contributed by atoms with van der Waals surface area (Å²) in [5.74, 6) is -1.88. The fourth-order valence-electron chi connectivity index (χ4n) is 4.60. The number of nitrogens with one attached hydrogen (secondary N) is 1. The molecule has 0 radical (unpaired) electrons. The van der Waals surface area contributed by atoms with Crippen molar-refractivity contribution < 1.29 is 28.4 Å². The van der Waals surface area contributed by atoms with Crippen LogP contribution in [0, 0.1) is 5.92 Å². The molecule has 32 heavy (non-hydrogen) atoms. The van der Waals surface area contributed by atoms with Gasteiger partial charge in [-0.2, -0.15) is 17.0 Å². The number of carboxylic acid groups (broad SMARTS) is 1. The summed E-state index contributed by atoms with van der Waals surface area (Å²) in [5.41, 5.74) is 5.35. The van der Waals surface area contributed by atoms with Gasteiger partial charge in [0.1, 0.15) is 5.54 Å². The summed E-state index contributed by atoms with van der Waals surface area (Å²) >= 11 is 0. The Hall–Kier alpha value is -1.54. The highest BCUT2D eigenvalue weighted by molar-refractivity contribution is 7.86. The molecule has 6 N–H and O–H groups in total. The van der Waals surface area contributed by atoms with E-state index >= 15 is 0 Å². The van der Waals surface area contributed by atoms with Gasteiger partial charge < -0.3 is 26.2 Å². The van der Waals surface area contributed by atoms with Crippen LogP contribution in [0.2, 0.25) is 6.32 Å². The Labute approximate surface area is 189 Å². The van der Waals surface area contributed by atoms with Crippen LogP contribution >= 0.6 is 0 Å². The summed E-state index contributed by atoms with van der Waals surface area (Å²) in [7, 11) is -5.49. The Morgan fingerprint density at radius 1 is 1.31 bits per heavy atom. The van der Waals surface area contributed by atoms with Crippen LogP contribution in [-0.4, -0.2) is 83.0 Å². The largest absolute Gasteiger partial charge is 0.480 e. The number of nitrogens with two attached hydrogens (primary N) is 1. The third-order valence-corrected chi connectivity index (χ3v) is 8.44. The van der Waals surface area contributed by atoms with Crippen molar-refractivity contribution in [3.05, 3.63) is 35.9 Å². The number of nitrogens with zero attached hydrogens (tertiary/aromatic N) is 2. The highest BCUT2D eigenvalue weighted by Gasteiger charge is 2.53. The highest BCUT2D eigenvalue weighted by atomic mass is 32.2. The number of rotatable bonds is 10. The van der Waals surface area contributed by atoms with Gasteiger partial charge in [-0.25, -0.2) is 0 Å². The van der Waals surface area contributed by atoms with Gasteiger partial charge in [0.25, 0.3) is 10.2 Å². The molecule has 2 saturated heterocycles. The van der Waals surface area contributed by atoms with E-state index in [1.165, 1.54) is 8.61 Å². The smallest absolute Gasteiger partial charge is 0.451 e. The molecule has 12 heteroatoms. The topological polar surface area (TPSA) is 156 Å². The second kappa shape index (κ2) is 10.6. The zero-order chi connectivity index (χ0) is 23.4. The lowest BCUT2D eigenvalue weighted by molar-refractivity contribution is -0.144. The van der Waals surface area contributed by atoms with Crippen LogP contribution in [0.4, 0.5) is 0 Å². The first-order valence-corrected chi connectivity index (χ1v) is 12.4. The molecule has 0 aromatic heterocycles. The van der Waals surface area contributed by atoms with Gasteiger partial charge in [0.05, 0.1) is 0 Å². The molecule has 1 aromatic rings. The second-order valence-electron chi connectivity index (χ2n) is 8.79. The molecule has 0 bridgehead atoms. The quantitative estimate of drug-likeness (QED) is 0.287. The molecule has 178 valence electrons. The van der Waals surface area contributed by atoms with Crippen LogP contribution in [-0.2, 0) is 21.5 Å². The number of aliphatic carboxylic acids is 1. The predicted molar refractivity (Wildman–Crippen MR) is 121 cm³/mol. The first kappa shape index (κ1) is 25.1. The van der Waals surface area contributed by atoms with E-state index in [1.807, 2.05) is 30.3 Å². The number of benzene rings is 1. The minimum absolute atomic E-state index is 0.0158. The molecule has 2 fully saturated rings. The van der Waals surface area contributed by atoms with Gasteiger partial charge >= 0.3 is 13.1 Å². The Bertz CT molecular complexity index is 868. The molecule has 2 aliphatic rings. The van der Waals surface area contributed by atoms with Gasteiger partial charge in [-0.3, -0.25) is 4.79 Å². The number of hydrogen-bond acceptors (Lipinski definition) is 7. The number of piperidine rings is 1. The number of carboxylic acids is 1. The highest BCUT2D eigenvalue weighted by Crippen LogP contribution is 2.34. The van der Waals surface area contributed by atoms with Crippen molar-refractivity contribution in [2.24, 2.45) is 11.7 Å². The summed E-state index contributed by atoms with van der Waals surface area (Å²) in [6, 6.07) is 9.09. The van der Waals surface area contributed by atoms with Crippen molar-refractivity contribution in [2.45, 2.75) is 50.1 Å². The SMILES string of the molecule is N[C@@]1(C(=O)O)CN(S(=O)(=O)N(Cc2ccccc2)[C@@H]2CCCNC2)C[C@@H]1CCCB(O)O. The van der Waals surface area contributed by atoms with Gasteiger partial charge in [0.2, 0.25) is 0 Å². The molecule has 1 aromatic carbocycles. The van der Waals surface area contributed by atoms with E-state index in [0.29, 0.717) is 13.0 Å². The average Bonchev–Trinajstić information content (AvgIpc) is 3.12. The molecule has 3 atom stereocenters.